The third kappa shape index (κ3) is 10.9. The molecule has 0 amide bonds. The molecule has 31 heavy (non-hydrogen) atoms. The Balaban J connectivity index is 0.000000512. The van der Waals surface area contributed by atoms with Crippen LogP contribution in [0.1, 0.15) is 36.5 Å². The highest BCUT2D eigenvalue weighted by molar-refractivity contribution is 5.89. The lowest BCUT2D eigenvalue weighted by Crippen LogP contribution is -2.09. The molecule has 0 aromatic heterocycles. The number of aliphatic carboxylic acids is 2. The first-order valence-corrected chi connectivity index (χ1v) is 9.36. The van der Waals surface area contributed by atoms with Gasteiger partial charge in [-0.05, 0) is 55.6 Å². The van der Waals surface area contributed by atoms with Gasteiger partial charge in [0.1, 0.15) is 11.9 Å². The second-order valence-electron chi connectivity index (χ2n) is 6.33. The fourth-order valence-corrected chi connectivity index (χ4v) is 2.46. The fraction of sp³-hybridized carbons (Fsp3) is 0.273. The molecule has 0 spiro atoms. The Bertz CT molecular complexity index is 820. The maximum atomic E-state index is 12.6. The molecule has 2 aromatic carbocycles. The molecule has 0 aliphatic carbocycles. The molecule has 0 heterocycles. The van der Waals surface area contributed by atoms with Gasteiger partial charge in [-0.25, -0.2) is 9.59 Å². The summed E-state index contributed by atoms with van der Waals surface area (Å²) in [6, 6.07) is 14.5. The van der Waals surface area contributed by atoms with Crippen LogP contribution in [0.5, 0.6) is 5.75 Å². The van der Waals surface area contributed by atoms with Crippen LogP contribution in [0.2, 0.25) is 0 Å². The van der Waals surface area contributed by atoms with Gasteiger partial charge in [-0.2, -0.15) is 13.2 Å². The van der Waals surface area contributed by atoms with Gasteiger partial charge >= 0.3 is 18.1 Å². The Kier molecular flexibility index (Phi) is 10.8. The van der Waals surface area contributed by atoms with Crippen LogP contribution in [0.25, 0.3) is 0 Å². The number of carboxylic acid groups (broad SMARTS) is 2. The largest absolute Gasteiger partial charge is 0.486 e. The molecule has 0 bridgehead atoms. The predicted molar refractivity (Wildman–Crippen MR) is 109 cm³/mol. The highest BCUT2D eigenvalue weighted by Gasteiger charge is 2.30. The van der Waals surface area contributed by atoms with E-state index in [2.05, 4.69) is 0 Å². The van der Waals surface area contributed by atoms with Gasteiger partial charge in [0.05, 0.1) is 5.56 Å². The van der Waals surface area contributed by atoms with Crippen LogP contribution in [0.4, 0.5) is 13.2 Å². The van der Waals surface area contributed by atoms with Crippen molar-refractivity contribution in [3.05, 3.63) is 77.9 Å². The quantitative estimate of drug-likeness (QED) is 0.387. The second-order valence-corrected chi connectivity index (χ2v) is 6.33. The van der Waals surface area contributed by atoms with Crippen LogP contribution in [0.15, 0.2) is 66.7 Å². The Hall–Kier alpha value is -3.33. The van der Waals surface area contributed by atoms with Crippen LogP contribution < -0.4 is 10.5 Å². The number of ether oxygens (including phenoxy) is 1. The topological polar surface area (TPSA) is 110 Å². The first kappa shape index (κ1) is 25.7. The molecule has 0 aliphatic rings. The summed E-state index contributed by atoms with van der Waals surface area (Å²) in [5.41, 5.74) is 5.84. The van der Waals surface area contributed by atoms with Gasteiger partial charge in [-0.3, -0.25) is 0 Å². The van der Waals surface area contributed by atoms with E-state index in [0.29, 0.717) is 24.4 Å². The SMILES string of the molecule is NCCCCC(Oc1ccc(C(F)(F)F)cc1)c1ccccc1.O=C(O)C=CC(=O)O. The van der Waals surface area contributed by atoms with Crippen LogP contribution in [-0.4, -0.2) is 28.7 Å². The lowest BCUT2D eigenvalue weighted by Gasteiger charge is -2.20. The van der Waals surface area contributed by atoms with Crippen LogP contribution in [0, 0.1) is 0 Å². The molecule has 0 saturated heterocycles. The summed E-state index contributed by atoms with van der Waals surface area (Å²) < 4.78 is 43.7. The lowest BCUT2D eigenvalue weighted by atomic mass is 10.0. The van der Waals surface area contributed by atoms with E-state index in [9.17, 15) is 22.8 Å². The van der Waals surface area contributed by atoms with E-state index in [1.54, 1.807) is 0 Å². The lowest BCUT2D eigenvalue weighted by molar-refractivity contribution is -0.137. The summed E-state index contributed by atoms with van der Waals surface area (Å²) in [6.07, 6.45) is -0.860. The first-order valence-electron chi connectivity index (χ1n) is 9.36. The average Bonchev–Trinajstić information content (AvgIpc) is 2.72. The number of carboxylic acids is 2. The Labute approximate surface area is 177 Å². The summed E-state index contributed by atoms with van der Waals surface area (Å²) in [7, 11) is 0. The smallest absolute Gasteiger partial charge is 0.416 e. The third-order valence-electron chi connectivity index (χ3n) is 3.92. The zero-order valence-electron chi connectivity index (χ0n) is 16.6. The predicted octanol–water partition coefficient (Wildman–Crippen LogP) is 4.67. The number of halogens is 3. The minimum atomic E-state index is -4.33. The van der Waals surface area contributed by atoms with Crippen molar-refractivity contribution in [3.63, 3.8) is 0 Å². The van der Waals surface area contributed by atoms with E-state index in [0.717, 1.165) is 37.0 Å². The van der Waals surface area contributed by atoms with Crippen molar-refractivity contribution in [3.8, 4) is 5.75 Å². The van der Waals surface area contributed by atoms with Crippen molar-refractivity contribution in [2.45, 2.75) is 31.5 Å². The molecule has 168 valence electrons. The summed E-state index contributed by atoms with van der Waals surface area (Å²) in [5, 5.41) is 15.6. The van der Waals surface area contributed by atoms with Crippen molar-refractivity contribution in [1.82, 2.24) is 0 Å². The molecule has 2 rings (SSSR count). The van der Waals surface area contributed by atoms with E-state index in [1.165, 1.54) is 12.1 Å². The number of carbonyl (C=O) groups is 2. The first-order chi connectivity index (χ1) is 14.6. The highest BCUT2D eigenvalue weighted by Crippen LogP contribution is 2.32. The number of alkyl halides is 3. The van der Waals surface area contributed by atoms with E-state index in [-0.39, 0.29) is 6.10 Å². The van der Waals surface area contributed by atoms with Crippen LogP contribution in [0.3, 0.4) is 0 Å². The number of unbranched alkanes of at least 4 members (excludes halogenated alkanes) is 1. The van der Waals surface area contributed by atoms with Crippen molar-refractivity contribution in [2.24, 2.45) is 5.73 Å². The van der Waals surface area contributed by atoms with Crippen molar-refractivity contribution in [1.29, 1.82) is 0 Å². The Morgan fingerprint density at radius 2 is 1.48 bits per heavy atom. The second kappa shape index (κ2) is 13.1. The van der Waals surface area contributed by atoms with E-state index < -0.39 is 23.7 Å². The Morgan fingerprint density at radius 3 is 1.94 bits per heavy atom. The summed E-state index contributed by atoms with van der Waals surface area (Å²) in [6.45, 7) is 0.613. The number of benzene rings is 2. The van der Waals surface area contributed by atoms with Crippen molar-refractivity contribution >= 4 is 11.9 Å². The van der Waals surface area contributed by atoms with Gasteiger partial charge in [0.2, 0.25) is 0 Å². The van der Waals surface area contributed by atoms with Gasteiger partial charge in [0.15, 0.2) is 0 Å². The molecular formula is C22H24F3NO5. The molecular weight excluding hydrogens is 415 g/mol. The van der Waals surface area contributed by atoms with Crippen LogP contribution in [-0.2, 0) is 15.8 Å². The Morgan fingerprint density at radius 1 is 0.935 bits per heavy atom. The number of nitrogens with two attached hydrogens (primary N) is 1. The summed E-state index contributed by atoms with van der Waals surface area (Å²) in [4.78, 5) is 19.1. The maximum absolute atomic E-state index is 12.6. The van der Waals surface area contributed by atoms with Crippen LogP contribution >= 0.6 is 0 Å². The van der Waals surface area contributed by atoms with Gasteiger partial charge < -0.3 is 20.7 Å². The minimum Gasteiger partial charge on any atom is -0.486 e. The fourth-order valence-electron chi connectivity index (χ4n) is 2.46. The van der Waals surface area contributed by atoms with E-state index in [4.69, 9.17) is 20.7 Å². The monoisotopic (exact) mass is 439 g/mol. The summed E-state index contributed by atoms with van der Waals surface area (Å²) >= 11 is 0. The summed E-state index contributed by atoms with van der Waals surface area (Å²) in [5.74, 6) is -2.08. The molecule has 2 aromatic rings. The van der Waals surface area contributed by atoms with Gasteiger partial charge in [0.25, 0.3) is 0 Å². The van der Waals surface area contributed by atoms with Gasteiger partial charge in [0, 0.05) is 12.2 Å². The van der Waals surface area contributed by atoms with Crippen molar-refractivity contribution < 1.29 is 37.7 Å². The normalized spacial score (nSPS) is 12.0. The number of rotatable bonds is 9. The molecule has 0 fully saturated rings. The van der Waals surface area contributed by atoms with Gasteiger partial charge in [-0.15, -0.1) is 0 Å². The van der Waals surface area contributed by atoms with Crippen molar-refractivity contribution in [2.75, 3.05) is 6.54 Å². The molecule has 0 saturated carbocycles. The number of hydrogen-bond donors (Lipinski definition) is 3. The van der Waals surface area contributed by atoms with E-state index >= 15 is 0 Å². The maximum Gasteiger partial charge on any atom is 0.416 e. The molecule has 0 aliphatic heterocycles. The number of hydrogen-bond acceptors (Lipinski definition) is 4. The zero-order chi connectivity index (χ0) is 23.3. The molecule has 9 heteroatoms. The molecule has 6 nitrogen and oxygen atoms in total. The third-order valence-corrected chi connectivity index (χ3v) is 3.92. The van der Waals surface area contributed by atoms with E-state index in [1.807, 2.05) is 30.3 Å². The molecule has 4 N–H and O–H groups in total. The van der Waals surface area contributed by atoms with Gasteiger partial charge in [-0.1, -0.05) is 30.3 Å². The minimum absolute atomic E-state index is 0.195. The zero-order valence-corrected chi connectivity index (χ0v) is 16.6. The molecule has 1 atom stereocenters. The highest BCUT2D eigenvalue weighted by atomic mass is 19.4. The molecule has 0 radical (unpaired) electrons. The molecule has 1 unspecified atom stereocenters. The average molecular weight is 439 g/mol. The standard InChI is InChI=1S/C18H20F3NO.C4H4O4/c19-18(20,21)15-9-11-16(12-10-15)23-17(8-4-5-13-22)14-6-2-1-3-7-14;5-3(6)1-2-4(7)8/h1-3,6-7,9-12,17H,4-5,8,13,22H2;1-2H,(H,5,6)(H,7,8).